The molecule has 0 aliphatic rings. The summed E-state index contributed by atoms with van der Waals surface area (Å²) in [7, 11) is 0. The lowest BCUT2D eigenvalue weighted by Crippen LogP contribution is -2.13. The Bertz CT molecular complexity index is 167. The van der Waals surface area contributed by atoms with Crippen molar-refractivity contribution in [1.82, 2.24) is 0 Å². The summed E-state index contributed by atoms with van der Waals surface area (Å²) in [6, 6.07) is 0. The maximum atomic E-state index is 10.5. The van der Waals surface area contributed by atoms with Crippen molar-refractivity contribution in [2.24, 2.45) is 10.9 Å². The topological polar surface area (TPSA) is 64.7 Å². The molecule has 4 nitrogen and oxygen atoms in total. The molecule has 0 aliphatic carbocycles. The summed E-state index contributed by atoms with van der Waals surface area (Å²) in [5, 5.41) is 2.54. The SMILES string of the molecule is C=CCOC(=O)/C(Cl)=N\N. The zero-order valence-electron chi connectivity index (χ0n) is 5.21. The van der Waals surface area contributed by atoms with Gasteiger partial charge < -0.3 is 10.6 Å². The molecule has 0 bridgehead atoms. The molecule has 56 valence electrons. The van der Waals surface area contributed by atoms with E-state index in [2.05, 4.69) is 22.3 Å². The van der Waals surface area contributed by atoms with Crippen LogP contribution in [-0.4, -0.2) is 17.7 Å². The number of carbonyl (C=O) groups excluding carboxylic acids is 1. The molecule has 0 heterocycles. The maximum absolute atomic E-state index is 10.5. The van der Waals surface area contributed by atoms with Gasteiger partial charge in [0, 0.05) is 0 Å². The average molecular weight is 163 g/mol. The highest BCUT2D eigenvalue weighted by Crippen LogP contribution is 1.88. The van der Waals surface area contributed by atoms with Crippen LogP contribution in [0.5, 0.6) is 0 Å². The van der Waals surface area contributed by atoms with Crippen molar-refractivity contribution in [1.29, 1.82) is 0 Å². The zero-order chi connectivity index (χ0) is 7.98. The molecule has 0 aromatic heterocycles. The molecule has 0 fully saturated rings. The van der Waals surface area contributed by atoms with Gasteiger partial charge >= 0.3 is 5.97 Å². The van der Waals surface area contributed by atoms with Gasteiger partial charge in [-0.15, -0.1) is 0 Å². The number of rotatable bonds is 3. The van der Waals surface area contributed by atoms with Crippen LogP contribution < -0.4 is 5.84 Å². The minimum absolute atomic E-state index is 0.102. The molecule has 0 aromatic carbocycles. The fourth-order valence-corrected chi connectivity index (χ4v) is 0.301. The summed E-state index contributed by atoms with van der Waals surface area (Å²) in [5.41, 5.74) is 0. The van der Waals surface area contributed by atoms with Crippen molar-refractivity contribution in [3.8, 4) is 0 Å². The van der Waals surface area contributed by atoms with Gasteiger partial charge in [0.15, 0.2) is 0 Å². The predicted molar refractivity (Wildman–Crippen MR) is 38.6 cm³/mol. The van der Waals surface area contributed by atoms with Crippen molar-refractivity contribution in [3.63, 3.8) is 0 Å². The molecule has 2 N–H and O–H groups in total. The fraction of sp³-hybridized carbons (Fsp3) is 0.200. The molecular formula is C5H7ClN2O2. The van der Waals surface area contributed by atoms with E-state index in [9.17, 15) is 4.79 Å². The first-order chi connectivity index (χ1) is 4.72. The number of esters is 1. The number of hydrogen-bond donors (Lipinski definition) is 1. The molecule has 10 heavy (non-hydrogen) atoms. The lowest BCUT2D eigenvalue weighted by Gasteiger charge is -1.96. The van der Waals surface area contributed by atoms with E-state index in [-0.39, 0.29) is 11.8 Å². The third-order valence-electron chi connectivity index (χ3n) is 0.614. The van der Waals surface area contributed by atoms with E-state index in [0.717, 1.165) is 0 Å². The summed E-state index contributed by atoms with van der Waals surface area (Å²) in [6.45, 7) is 3.43. The fourth-order valence-electron chi connectivity index (χ4n) is 0.247. The lowest BCUT2D eigenvalue weighted by atomic mass is 10.7. The number of hydrogen-bond acceptors (Lipinski definition) is 4. The smallest absolute Gasteiger partial charge is 0.371 e. The van der Waals surface area contributed by atoms with Gasteiger partial charge in [0.05, 0.1) is 0 Å². The number of halogens is 1. The van der Waals surface area contributed by atoms with Crippen molar-refractivity contribution >= 4 is 22.7 Å². The van der Waals surface area contributed by atoms with E-state index in [1.807, 2.05) is 0 Å². The number of nitrogens with zero attached hydrogens (tertiary/aromatic N) is 1. The minimum atomic E-state index is -0.746. The predicted octanol–water partition coefficient (Wildman–Crippen LogP) is 0.227. The van der Waals surface area contributed by atoms with Crippen LogP contribution in [0.4, 0.5) is 0 Å². The summed E-state index contributed by atoms with van der Waals surface area (Å²) >= 11 is 5.17. The van der Waals surface area contributed by atoms with Crippen LogP contribution in [0.25, 0.3) is 0 Å². The van der Waals surface area contributed by atoms with Gasteiger partial charge in [0.1, 0.15) is 6.61 Å². The molecule has 0 rings (SSSR count). The number of hydrazone groups is 1. The monoisotopic (exact) mass is 162 g/mol. The van der Waals surface area contributed by atoms with Crippen LogP contribution in [0.3, 0.4) is 0 Å². The molecular weight excluding hydrogens is 156 g/mol. The van der Waals surface area contributed by atoms with Gasteiger partial charge in [-0.1, -0.05) is 24.3 Å². The van der Waals surface area contributed by atoms with E-state index in [1.54, 1.807) is 0 Å². The van der Waals surface area contributed by atoms with E-state index in [4.69, 9.17) is 11.6 Å². The van der Waals surface area contributed by atoms with Crippen LogP contribution in [0, 0.1) is 0 Å². The van der Waals surface area contributed by atoms with Crippen molar-refractivity contribution < 1.29 is 9.53 Å². The largest absolute Gasteiger partial charge is 0.456 e. The van der Waals surface area contributed by atoms with Crippen LogP contribution >= 0.6 is 11.6 Å². The molecule has 0 atom stereocenters. The summed E-state index contributed by atoms with van der Waals surface area (Å²) in [4.78, 5) is 10.5. The van der Waals surface area contributed by atoms with Crippen LogP contribution in [0.15, 0.2) is 17.8 Å². The first kappa shape index (κ1) is 8.97. The Morgan fingerprint density at radius 1 is 1.90 bits per heavy atom. The van der Waals surface area contributed by atoms with Gasteiger partial charge in [-0.05, 0) is 0 Å². The second-order valence-electron chi connectivity index (χ2n) is 1.31. The molecule has 0 saturated carbocycles. The number of nitrogens with two attached hydrogens (primary N) is 1. The Morgan fingerprint density at radius 2 is 2.50 bits per heavy atom. The Labute approximate surface area is 63.3 Å². The summed E-state index contributed by atoms with van der Waals surface area (Å²) < 4.78 is 4.44. The Balaban J connectivity index is 3.74. The van der Waals surface area contributed by atoms with Crippen molar-refractivity contribution in [2.45, 2.75) is 0 Å². The number of ether oxygens (including phenoxy) is 1. The Hall–Kier alpha value is -1.03. The highest BCUT2D eigenvalue weighted by Gasteiger charge is 2.07. The molecule has 0 aliphatic heterocycles. The lowest BCUT2D eigenvalue weighted by molar-refractivity contribution is -0.134. The van der Waals surface area contributed by atoms with E-state index in [0.29, 0.717) is 0 Å². The quantitative estimate of drug-likeness (QED) is 0.212. The van der Waals surface area contributed by atoms with Gasteiger partial charge in [-0.25, -0.2) is 4.79 Å². The van der Waals surface area contributed by atoms with E-state index >= 15 is 0 Å². The standard InChI is InChI=1S/C5H7ClN2O2/c1-2-3-10-5(9)4(6)8-7/h2H,1,3,7H2/b8-4+. The van der Waals surface area contributed by atoms with E-state index < -0.39 is 5.97 Å². The van der Waals surface area contributed by atoms with Gasteiger partial charge in [0.25, 0.3) is 0 Å². The second kappa shape index (κ2) is 4.81. The summed E-state index contributed by atoms with van der Waals surface area (Å²) in [5.74, 6) is 3.93. The first-order valence-corrected chi connectivity index (χ1v) is 2.81. The van der Waals surface area contributed by atoms with E-state index in [1.165, 1.54) is 6.08 Å². The normalized spacial score (nSPS) is 10.7. The van der Waals surface area contributed by atoms with Crippen LogP contribution in [0.1, 0.15) is 0 Å². The molecule has 5 heteroatoms. The Morgan fingerprint density at radius 3 is 2.90 bits per heavy atom. The second-order valence-corrected chi connectivity index (χ2v) is 1.67. The van der Waals surface area contributed by atoms with Gasteiger partial charge in [0.2, 0.25) is 5.17 Å². The molecule has 0 radical (unpaired) electrons. The number of carbonyl (C=O) groups is 1. The average Bonchev–Trinajstić information content (AvgIpc) is 1.98. The summed E-state index contributed by atoms with van der Waals surface area (Å²) in [6.07, 6.45) is 1.42. The molecule has 0 saturated heterocycles. The Kier molecular flexibility index (Phi) is 4.32. The van der Waals surface area contributed by atoms with Gasteiger partial charge in [-0.2, -0.15) is 5.10 Å². The highest BCUT2D eigenvalue weighted by molar-refractivity contribution is 6.81. The third-order valence-corrected chi connectivity index (χ3v) is 0.866. The third kappa shape index (κ3) is 3.09. The molecule has 0 aromatic rings. The maximum Gasteiger partial charge on any atom is 0.371 e. The molecule has 0 unspecified atom stereocenters. The van der Waals surface area contributed by atoms with Crippen molar-refractivity contribution in [2.75, 3.05) is 6.61 Å². The van der Waals surface area contributed by atoms with Crippen LogP contribution in [-0.2, 0) is 9.53 Å². The van der Waals surface area contributed by atoms with Gasteiger partial charge in [-0.3, -0.25) is 0 Å². The highest BCUT2D eigenvalue weighted by atomic mass is 35.5. The minimum Gasteiger partial charge on any atom is -0.456 e. The zero-order valence-corrected chi connectivity index (χ0v) is 5.97. The molecule has 0 spiro atoms. The first-order valence-electron chi connectivity index (χ1n) is 2.43. The molecule has 0 amide bonds. The van der Waals surface area contributed by atoms with Crippen LogP contribution in [0.2, 0.25) is 0 Å². The van der Waals surface area contributed by atoms with Crippen molar-refractivity contribution in [3.05, 3.63) is 12.7 Å².